The lowest BCUT2D eigenvalue weighted by Crippen LogP contribution is -2.20. The van der Waals surface area contributed by atoms with Gasteiger partial charge in [-0.25, -0.2) is 4.39 Å². The predicted molar refractivity (Wildman–Crippen MR) is 92.8 cm³/mol. The molecule has 1 aliphatic heterocycles. The topological polar surface area (TPSA) is 76.0 Å². The van der Waals surface area contributed by atoms with Crippen LogP contribution in [0.5, 0.6) is 0 Å². The number of carboxylic acids is 1. The maximum Gasteiger partial charge on any atom is 0.307 e. The Balaban J connectivity index is 2.09. The van der Waals surface area contributed by atoms with E-state index in [1.165, 1.54) is 24.5 Å². The van der Waals surface area contributed by atoms with Crippen molar-refractivity contribution in [3.05, 3.63) is 55.3 Å². The van der Waals surface area contributed by atoms with E-state index >= 15 is 4.39 Å². The number of ether oxygens (including phenoxy) is 1. The largest absolute Gasteiger partial charge is 0.493 e. The molecule has 1 N–H and O–H groups in total. The first-order valence-electron chi connectivity index (χ1n) is 7.29. The molecule has 0 bridgehead atoms. The number of hydrogen-bond acceptors (Lipinski definition) is 5. The van der Waals surface area contributed by atoms with Gasteiger partial charge in [-0.15, -0.1) is 11.3 Å². The number of fused-ring (bicyclic) bond motifs is 1. The number of carboxylic acid groups (broad SMARTS) is 1. The Labute approximate surface area is 151 Å². The van der Waals surface area contributed by atoms with Crippen LogP contribution >= 0.6 is 22.9 Å². The molecule has 0 saturated carbocycles. The molecule has 5 nitrogen and oxygen atoms in total. The van der Waals surface area contributed by atoms with E-state index in [0.29, 0.717) is 26.9 Å². The van der Waals surface area contributed by atoms with Crippen molar-refractivity contribution in [3.63, 3.8) is 0 Å². The van der Waals surface area contributed by atoms with Crippen LogP contribution in [0.3, 0.4) is 0 Å². The van der Waals surface area contributed by atoms with Crippen molar-refractivity contribution in [3.8, 4) is 0 Å². The smallest absolute Gasteiger partial charge is 0.307 e. The fourth-order valence-electron chi connectivity index (χ4n) is 2.93. The second kappa shape index (κ2) is 6.57. The Bertz CT molecular complexity index is 923. The maximum atomic E-state index is 15.0. The molecule has 1 aromatic rings. The minimum absolute atomic E-state index is 0.0681. The summed E-state index contributed by atoms with van der Waals surface area (Å²) in [5.74, 6) is -2.41. The van der Waals surface area contributed by atoms with Crippen molar-refractivity contribution in [2.75, 3.05) is 7.11 Å². The second-order valence-electron chi connectivity index (χ2n) is 5.54. The second-order valence-corrected chi connectivity index (χ2v) is 7.08. The minimum atomic E-state index is -1.08. The van der Waals surface area contributed by atoms with Crippen LogP contribution in [0.2, 0.25) is 4.34 Å². The van der Waals surface area contributed by atoms with Gasteiger partial charge in [0, 0.05) is 28.6 Å². The van der Waals surface area contributed by atoms with Crippen molar-refractivity contribution >= 4 is 40.4 Å². The van der Waals surface area contributed by atoms with Crippen molar-refractivity contribution in [1.29, 1.82) is 0 Å². The zero-order chi connectivity index (χ0) is 18.3. The van der Waals surface area contributed by atoms with Crippen LogP contribution in [0.15, 0.2) is 50.4 Å². The molecule has 2 aliphatic rings. The normalized spacial score (nSPS) is 17.0. The zero-order valence-electron chi connectivity index (χ0n) is 13.4. The highest BCUT2D eigenvalue weighted by molar-refractivity contribution is 7.14. The summed E-state index contributed by atoms with van der Waals surface area (Å²) in [7, 11) is 1.27. The first-order chi connectivity index (χ1) is 11.8. The van der Waals surface area contributed by atoms with Gasteiger partial charge in [-0.2, -0.15) is 0 Å². The summed E-state index contributed by atoms with van der Waals surface area (Å²) in [5, 5.41) is 10.6. The van der Waals surface area contributed by atoms with Crippen LogP contribution in [0.25, 0.3) is 0 Å². The first-order valence-corrected chi connectivity index (χ1v) is 8.55. The van der Waals surface area contributed by atoms with E-state index in [1.807, 2.05) is 0 Å². The van der Waals surface area contributed by atoms with Crippen LogP contribution in [-0.2, 0) is 9.53 Å². The Morgan fingerprint density at radius 3 is 2.76 bits per heavy atom. The molecule has 130 valence electrons. The molecule has 3 rings (SSSR count). The summed E-state index contributed by atoms with van der Waals surface area (Å²) in [6, 6.07) is 1.52. The van der Waals surface area contributed by atoms with Gasteiger partial charge in [-0.05, 0) is 18.6 Å². The number of carbonyl (C=O) groups excluding carboxylic acids is 1. The molecule has 8 heteroatoms. The van der Waals surface area contributed by atoms with Crippen molar-refractivity contribution < 1.29 is 23.8 Å². The number of nitrogens with zero attached hydrogens (tertiary/aromatic N) is 1. The standard InChI is InChI=1S/C17H13ClFNO4S/c1-7-9(5-13(21)22)14-11(20-7)4-10(17(24-2)15(14)19)16(23)8-3-12(18)25-6-8/h3,6H,4-5H2,1-2H3,(H,21,22). The SMILES string of the molecule is COC1=C(C(=O)c2csc(Cl)c2)CC2=NC(C)=C(CC(=O)O)C2=C1F. The van der Waals surface area contributed by atoms with Gasteiger partial charge in [0.05, 0.1) is 29.2 Å². The van der Waals surface area contributed by atoms with Gasteiger partial charge in [0.15, 0.2) is 17.4 Å². The number of halogens is 2. The summed E-state index contributed by atoms with van der Waals surface area (Å²) in [4.78, 5) is 28.0. The highest BCUT2D eigenvalue weighted by Gasteiger charge is 2.37. The van der Waals surface area contributed by atoms with Gasteiger partial charge in [0.1, 0.15) is 0 Å². The van der Waals surface area contributed by atoms with E-state index in [9.17, 15) is 9.59 Å². The number of ketones is 1. The van der Waals surface area contributed by atoms with Gasteiger partial charge in [-0.1, -0.05) is 11.6 Å². The molecule has 1 aliphatic carbocycles. The van der Waals surface area contributed by atoms with Gasteiger partial charge < -0.3 is 9.84 Å². The van der Waals surface area contributed by atoms with E-state index < -0.39 is 11.8 Å². The monoisotopic (exact) mass is 381 g/mol. The fraction of sp³-hybridized carbons (Fsp3) is 0.235. The third-order valence-electron chi connectivity index (χ3n) is 4.00. The third kappa shape index (κ3) is 3.05. The van der Waals surface area contributed by atoms with Gasteiger partial charge in [0.2, 0.25) is 0 Å². The molecular formula is C17H13ClFNO4S. The molecule has 0 saturated heterocycles. The van der Waals surface area contributed by atoms with Crippen LogP contribution < -0.4 is 0 Å². The minimum Gasteiger partial charge on any atom is -0.493 e. The average Bonchev–Trinajstić information content (AvgIpc) is 3.10. The molecule has 0 atom stereocenters. The van der Waals surface area contributed by atoms with Gasteiger partial charge in [-0.3, -0.25) is 14.6 Å². The molecule has 25 heavy (non-hydrogen) atoms. The maximum absolute atomic E-state index is 15.0. The Morgan fingerprint density at radius 2 is 2.20 bits per heavy atom. The summed E-state index contributed by atoms with van der Waals surface area (Å²) < 4.78 is 20.6. The van der Waals surface area contributed by atoms with E-state index in [4.69, 9.17) is 21.4 Å². The number of carbonyl (C=O) groups is 2. The van der Waals surface area contributed by atoms with Gasteiger partial charge in [0.25, 0.3) is 0 Å². The van der Waals surface area contributed by atoms with Crippen molar-refractivity contribution in [1.82, 2.24) is 0 Å². The number of aliphatic carboxylic acids is 1. The molecule has 0 radical (unpaired) electrons. The van der Waals surface area contributed by atoms with Crippen LogP contribution in [0.4, 0.5) is 4.39 Å². The summed E-state index contributed by atoms with van der Waals surface area (Å²) in [6.07, 6.45) is -0.277. The Morgan fingerprint density at radius 1 is 1.48 bits per heavy atom. The number of allylic oxidation sites excluding steroid dienone is 4. The molecule has 2 heterocycles. The number of rotatable bonds is 5. The van der Waals surface area contributed by atoms with Gasteiger partial charge >= 0.3 is 5.97 Å². The van der Waals surface area contributed by atoms with E-state index in [2.05, 4.69) is 4.99 Å². The number of hydrogen-bond donors (Lipinski definition) is 1. The molecule has 0 spiro atoms. The number of aliphatic imine (C=N–C) groups is 1. The average molecular weight is 382 g/mol. The van der Waals surface area contributed by atoms with E-state index in [-0.39, 0.29) is 35.5 Å². The Hall–Kier alpha value is -2.25. The van der Waals surface area contributed by atoms with Crippen LogP contribution in [0, 0.1) is 0 Å². The highest BCUT2D eigenvalue weighted by Crippen LogP contribution is 2.41. The molecule has 0 aromatic carbocycles. The third-order valence-corrected chi connectivity index (χ3v) is 5.09. The zero-order valence-corrected chi connectivity index (χ0v) is 14.9. The highest BCUT2D eigenvalue weighted by atomic mass is 35.5. The summed E-state index contributed by atoms with van der Waals surface area (Å²) in [5.41, 5.74) is 1.70. The number of thiophene rings is 1. The number of Topliss-reactive ketones (excluding diaryl/α,β-unsaturated/α-hetero) is 1. The molecule has 0 unspecified atom stereocenters. The Kier molecular flexibility index (Phi) is 4.62. The fourth-order valence-corrected chi connectivity index (χ4v) is 3.79. The van der Waals surface area contributed by atoms with Crippen LogP contribution in [0.1, 0.15) is 30.1 Å². The molecular weight excluding hydrogens is 369 g/mol. The first kappa shape index (κ1) is 17.6. The van der Waals surface area contributed by atoms with Crippen molar-refractivity contribution in [2.24, 2.45) is 4.99 Å². The quantitative estimate of drug-likeness (QED) is 0.771. The lowest BCUT2D eigenvalue weighted by atomic mass is 9.86. The summed E-state index contributed by atoms with van der Waals surface area (Å²) >= 11 is 7.07. The molecule has 0 fully saturated rings. The molecule has 1 aromatic heterocycles. The van der Waals surface area contributed by atoms with Crippen molar-refractivity contribution in [2.45, 2.75) is 19.8 Å². The lowest BCUT2D eigenvalue weighted by molar-refractivity contribution is -0.136. The van der Waals surface area contributed by atoms with E-state index in [0.717, 1.165) is 0 Å². The molecule has 0 amide bonds. The summed E-state index contributed by atoms with van der Waals surface area (Å²) in [6.45, 7) is 1.62. The lowest BCUT2D eigenvalue weighted by Gasteiger charge is -2.20. The number of methoxy groups -OCH3 is 1. The predicted octanol–water partition coefficient (Wildman–Crippen LogP) is 4.32. The van der Waals surface area contributed by atoms with Crippen LogP contribution in [-0.4, -0.2) is 29.7 Å². The van der Waals surface area contributed by atoms with E-state index in [1.54, 1.807) is 12.3 Å².